The Morgan fingerprint density at radius 3 is 2.37 bits per heavy atom. The topological polar surface area (TPSA) is 43.9 Å². The van der Waals surface area contributed by atoms with Crippen LogP contribution in [0.5, 0.6) is 0 Å². The summed E-state index contributed by atoms with van der Waals surface area (Å²) in [6.07, 6.45) is 4.78. The standard InChI is InChI=1S/C23H23N3O/c1-15-5-8-20(23-17(3)25-27-18(23)4)12-21(15)11-19-6-9-22(10-7-19)26-13-16(2)24-14-26/h5-10,12-14H,11H2,1-4H3. The summed E-state index contributed by atoms with van der Waals surface area (Å²) in [5.41, 5.74) is 9.24. The molecule has 0 N–H and O–H groups in total. The predicted molar refractivity (Wildman–Crippen MR) is 107 cm³/mol. The number of hydrogen-bond donors (Lipinski definition) is 0. The number of imidazole rings is 1. The quantitative estimate of drug-likeness (QED) is 0.494. The lowest BCUT2D eigenvalue weighted by atomic mass is 9.95. The van der Waals surface area contributed by atoms with Crippen LogP contribution in [-0.4, -0.2) is 14.7 Å². The predicted octanol–water partition coefficient (Wildman–Crippen LogP) is 5.35. The first-order valence-corrected chi connectivity index (χ1v) is 9.14. The van der Waals surface area contributed by atoms with Gasteiger partial charge in [-0.2, -0.15) is 0 Å². The number of aromatic nitrogens is 3. The summed E-state index contributed by atoms with van der Waals surface area (Å²) >= 11 is 0. The Bertz CT molecular complexity index is 1070. The summed E-state index contributed by atoms with van der Waals surface area (Å²) in [5.74, 6) is 0.863. The molecule has 4 rings (SSSR count). The van der Waals surface area contributed by atoms with Gasteiger partial charge < -0.3 is 9.09 Å². The summed E-state index contributed by atoms with van der Waals surface area (Å²) < 4.78 is 7.38. The van der Waals surface area contributed by atoms with Crippen LogP contribution in [-0.2, 0) is 6.42 Å². The van der Waals surface area contributed by atoms with Crippen molar-refractivity contribution in [1.29, 1.82) is 0 Å². The maximum absolute atomic E-state index is 5.34. The summed E-state index contributed by atoms with van der Waals surface area (Å²) in [7, 11) is 0. The van der Waals surface area contributed by atoms with Crippen molar-refractivity contribution in [2.24, 2.45) is 0 Å². The van der Waals surface area contributed by atoms with E-state index in [0.29, 0.717) is 0 Å². The van der Waals surface area contributed by atoms with Crippen molar-refractivity contribution in [2.75, 3.05) is 0 Å². The molecule has 4 heteroatoms. The molecule has 0 saturated heterocycles. The molecule has 0 amide bonds. The molecule has 4 aromatic rings. The summed E-state index contributed by atoms with van der Waals surface area (Å²) in [6.45, 7) is 8.11. The molecule has 2 aromatic carbocycles. The second-order valence-electron chi connectivity index (χ2n) is 7.11. The number of rotatable bonds is 4. The number of nitrogens with zero attached hydrogens (tertiary/aromatic N) is 3. The van der Waals surface area contributed by atoms with Crippen LogP contribution in [0.3, 0.4) is 0 Å². The first-order chi connectivity index (χ1) is 13.0. The third-order valence-corrected chi connectivity index (χ3v) is 5.01. The van der Waals surface area contributed by atoms with Crippen molar-refractivity contribution in [3.05, 3.63) is 88.8 Å². The van der Waals surface area contributed by atoms with Gasteiger partial charge in [-0.05, 0) is 68.5 Å². The Labute approximate surface area is 159 Å². The second-order valence-corrected chi connectivity index (χ2v) is 7.11. The summed E-state index contributed by atoms with van der Waals surface area (Å²) in [4.78, 5) is 4.29. The highest BCUT2D eigenvalue weighted by Crippen LogP contribution is 2.29. The zero-order valence-electron chi connectivity index (χ0n) is 16.2. The molecule has 0 saturated carbocycles. The largest absolute Gasteiger partial charge is 0.361 e. The van der Waals surface area contributed by atoms with E-state index in [4.69, 9.17) is 4.52 Å². The maximum Gasteiger partial charge on any atom is 0.141 e. The normalized spacial score (nSPS) is 11.1. The van der Waals surface area contributed by atoms with Crippen LogP contribution >= 0.6 is 0 Å². The highest BCUT2D eigenvalue weighted by Gasteiger charge is 2.13. The fourth-order valence-electron chi connectivity index (χ4n) is 3.48. The first kappa shape index (κ1) is 17.3. The average molecular weight is 357 g/mol. The Morgan fingerprint density at radius 2 is 1.74 bits per heavy atom. The molecule has 0 aliphatic rings. The molecule has 0 radical (unpaired) electrons. The van der Waals surface area contributed by atoms with Gasteiger partial charge in [-0.25, -0.2) is 4.98 Å². The van der Waals surface area contributed by atoms with Crippen molar-refractivity contribution in [3.63, 3.8) is 0 Å². The van der Waals surface area contributed by atoms with E-state index >= 15 is 0 Å². The van der Waals surface area contributed by atoms with E-state index in [1.807, 2.05) is 37.9 Å². The Morgan fingerprint density at radius 1 is 0.963 bits per heavy atom. The molecule has 2 heterocycles. The van der Waals surface area contributed by atoms with Gasteiger partial charge in [0.1, 0.15) is 5.76 Å². The van der Waals surface area contributed by atoms with Crippen molar-refractivity contribution < 1.29 is 4.52 Å². The number of hydrogen-bond acceptors (Lipinski definition) is 3. The Balaban J connectivity index is 1.62. The zero-order valence-corrected chi connectivity index (χ0v) is 16.2. The van der Waals surface area contributed by atoms with Crippen LogP contribution in [0.2, 0.25) is 0 Å². The first-order valence-electron chi connectivity index (χ1n) is 9.14. The van der Waals surface area contributed by atoms with E-state index in [1.54, 1.807) is 0 Å². The third-order valence-electron chi connectivity index (χ3n) is 5.01. The van der Waals surface area contributed by atoms with Gasteiger partial charge in [0.05, 0.1) is 17.7 Å². The molecular weight excluding hydrogens is 334 g/mol. The molecule has 4 nitrogen and oxygen atoms in total. The zero-order chi connectivity index (χ0) is 19.0. The molecule has 0 aliphatic carbocycles. The lowest BCUT2D eigenvalue weighted by Gasteiger charge is -2.10. The third kappa shape index (κ3) is 3.43. The molecular formula is C23H23N3O. The van der Waals surface area contributed by atoms with Crippen LogP contribution < -0.4 is 0 Å². The Kier molecular flexibility index (Phi) is 4.40. The van der Waals surface area contributed by atoms with Crippen molar-refractivity contribution in [2.45, 2.75) is 34.1 Å². The smallest absolute Gasteiger partial charge is 0.141 e. The molecule has 0 unspecified atom stereocenters. The molecule has 0 aliphatic heterocycles. The minimum absolute atomic E-state index is 0.863. The summed E-state index contributed by atoms with van der Waals surface area (Å²) in [5, 5.41) is 4.09. The van der Waals surface area contributed by atoms with Crippen molar-refractivity contribution >= 4 is 0 Å². The van der Waals surface area contributed by atoms with Gasteiger partial charge in [-0.3, -0.25) is 0 Å². The molecule has 0 fully saturated rings. The lowest BCUT2D eigenvalue weighted by molar-refractivity contribution is 0.393. The van der Waals surface area contributed by atoms with Crippen LogP contribution in [0, 0.1) is 27.7 Å². The minimum Gasteiger partial charge on any atom is -0.361 e. The van der Waals surface area contributed by atoms with Gasteiger partial charge in [-0.1, -0.05) is 35.5 Å². The molecule has 136 valence electrons. The number of aryl methyl sites for hydroxylation is 4. The Hall–Kier alpha value is -3.14. The van der Waals surface area contributed by atoms with Crippen LogP contribution in [0.1, 0.15) is 33.8 Å². The maximum atomic E-state index is 5.34. The van der Waals surface area contributed by atoms with Gasteiger partial charge in [0.25, 0.3) is 0 Å². The SMILES string of the molecule is Cc1cn(-c2ccc(Cc3cc(-c4c(C)noc4C)ccc3C)cc2)cn1. The van der Waals surface area contributed by atoms with Gasteiger partial charge in [0.2, 0.25) is 0 Å². The molecule has 27 heavy (non-hydrogen) atoms. The highest BCUT2D eigenvalue weighted by molar-refractivity contribution is 5.69. The van der Waals surface area contributed by atoms with Crippen molar-refractivity contribution in [1.82, 2.24) is 14.7 Å². The van der Waals surface area contributed by atoms with E-state index in [-0.39, 0.29) is 0 Å². The van der Waals surface area contributed by atoms with E-state index < -0.39 is 0 Å². The average Bonchev–Trinajstić information content (AvgIpc) is 3.23. The van der Waals surface area contributed by atoms with Crippen LogP contribution in [0.15, 0.2) is 59.5 Å². The van der Waals surface area contributed by atoms with E-state index in [0.717, 1.165) is 40.4 Å². The summed E-state index contributed by atoms with van der Waals surface area (Å²) in [6, 6.07) is 15.2. The fraction of sp³-hybridized carbons (Fsp3) is 0.217. The molecule has 0 bridgehead atoms. The molecule has 0 spiro atoms. The monoisotopic (exact) mass is 357 g/mol. The van der Waals surface area contributed by atoms with Crippen LogP contribution in [0.4, 0.5) is 0 Å². The number of benzene rings is 2. The van der Waals surface area contributed by atoms with Gasteiger partial charge in [0.15, 0.2) is 0 Å². The molecule has 0 atom stereocenters. The van der Waals surface area contributed by atoms with Crippen molar-refractivity contribution in [3.8, 4) is 16.8 Å². The van der Waals surface area contributed by atoms with Gasteiger partial charge in [0, 0.05) is 17.4 Å². The molecule has 2 aromatic heterocycles. The van der Waals surface area contributed by atoms with Gasteiger partial charge in [-0.15, -0.1) is 0 Å². The minimum atomic E-state index is 0.863. The fourth-order valence-corrected chi connectivity index (χ4v) is 3.48. The van der Waals surface area contributed by atoms with Gasteiger partial charge >= 0.3 is 0 Å². The van der Waals surface area contributed by atoms with E-state index in [1.165, 1.54) is 16.7 Å². The van der Waals surface area contributed by atoms with Crippen LogP contribution in [0.25, 0.3) is 16.8 Å². The second kappa shape index (κ2) is 6.88. The lowest BCUT2D eigenvalue weighted by Crippen LogP contribution is -1.95. The van der Waals surface area contributed by atoms with E-state index in [2.05, 4.69) is 59.5 Å². The van der Waals surface area contributed by atoms with E-state index in [9.17, 15) is 0 Å². The highest BCUT2D eigenvalue weighted by atomic mass is 16.5.